The standard InChI is InChI=1S/C8H12Br2F4/c9-5-2-1-3-7(11,4-6-10)8(12,13)14/h1-6H2. The summed E-state index contributed by atoms with van der Waals surface area (Å²) in [6, 6.07) is 0. The molecule has 0 rings (SSSR count). The molecule has 0 nitrogen and oxygen atoms in total. The van der Waals surface area contributed by atoms with E-state index in [4.69, 9.17) is 0 Å². The van der Waals surface area contributed by atoms with E-state index in [-0.39, 0.29) is 11.8 Å². The Kier molecular flexibility index (Phi) is 6.61. The van der Waals surface area contributed by atoms with Gasteiger partial charge in [0, 0.05) is 17.1 Å². The molecule has 6 heteroatoms. The topological polar surface area (TPSA) is 0 Å². The van der Waals surface area contributed by atoms with E-state index in [9.17, 15) is 17.6 Å². The molecule has 0 saturated heterocycles. The molecule has 1 unspecified atom stereocenters. The van der Waals surface area contributed by atoms with Crippen LogP contribution in [-0.4, -0.2) is 22.5 Å². The van der Waals surface area contributed by atoms with E-state index >= 15 is 0 Å². The molecule has 0 spiro atoms. The molecule has 0 saturated carbocycles. The zero-order valence-electron chi connectivity index (χ0n) is 7.51. The molecule has 0 aliphatic carbocycles. The molecule has 0 aromatic carbocycles. The smallest absolute Gasteiger partial charge is 0.234 e. The van der Waals surface area contributed by atoms with Crippen LogP contribution in [0.1, 0.15) is 25.7 Å². The number of hydrogen-bond acceptors (Lipinski definition) is 0. The van der Waals surface area contributed by atoms with Crippen LogP contribution in [0.5, 0.6) is 0 Å². The monoisotopic (exact) mass is 342 g/mol. The van der Waals surface area contributed by atoms with Crippen molar-refractivity contribution in [3.8, 4) is 0 Å². The lowest BCUT2D eigenvalue weighted by molar-refractivity contribution is -0.233. The lowest BCUT2D eigenvalue weighted by Crippen LogP contribution is -2.41. The summed E-state index contributed by atoms with van der Waals surface area (Å²) in [5.41, 5.74) is -3.03. The predicted molar refractivity (Wildman–Crippen MR) is 56.0 cm³/mol. The van der Waals surface area contributed by atoms with Gasteiger partial charge in [-0.05, 0) is 19.3 Å². The van der Waals surface area contributed by atoms with Crippen LogP contribution in [0.25, 0.3) is 0 Å². The summed E-state index contributed by atoms with van der Waals surface area (Å²) >= 11 is 5.93. The second-order valence-corrected chi connectivity index (χ2v) is 4.63. The maximum absolute atomic E-state index is 13.5. The Morgan fingerprint density at radius 1 is 0.786 bits per heavy atom. The maximum Gasteiger partial charge on any atom is 0.422 e. The molecule has 0 amide bonds. The highest BCUT2D eigenvalue weighted by molar-refractivity contribution is 9.09. The second-order valence-electron chi connectivity index (χ2n) is 3.05. The first kappa shape index (κ1) is 14.7. The molecule has 0 N–H and O–H groups in total. The fourth-order valence-electron chi connectivity index (χ4n) is 1.06. The number of hydrogen-bond donors (Lipinski definition) is 0. The number of halogens is 6. The maximum atomic E-state index is 13.5. The van der Waals surface area contributed by atoms with E-state index in [0.29, 0.717) is 11.8 Å². The molecule has 0 aliphatic rings. The lowest BCUT2D eigenvalue weighted by atomic mass is 9.95. The summed E-state index contributed by atoms with van der Waals surface area (Å²) in [5.74, 6) is 0. The molecular weight excluding hydrogens is 332 g/mol. The minimum atomic E-state index is -4.76. The van der Waals surface area contributed by atoms with E-state index in [2.05, 4.69) is 31.9 Å². The van der Waals surface area contributed by atoms with Crippen LogP contribution in [0.4, 0.5) is 17.6 Å². The first-order valence-corrected chi connectivity index (χ1v) is 6.49. The lowest BCUT2D eigenvalue weighted by Gasteiger charge is -2.27. The molecule has 0 radical (unpaired) electrons. The Morgan fingerprint density at radius 3 is 1.71 bits per heavy atom. The van der Waals surface area contributed by atoms with Gasteiger partial charge in [0.2, 0.25) is 5.67 Å². The molecule has 0 aromatic rings. The third kappa shape index (κ3) is 4.47. The van der Waals surface area contributed by atoms with E-state index < -0.39 is 24.7 Å². The highest BCUT2D eigenvalue weighted by Gasteiger charge is 2.54. The Hall–Kier alpha value is 0.680. The van der Waals surface area contributed by atoms with Gasteiger partial charge in [0.1, 0.15) is 0 Å². The summed E-state index contributed by atoms with van der Waals surface area (Å²) < 4.78 is 50.4. The summed E-state index contributed by atoms with van der Waals surface area (Å²) in [6.07, 6.45) is -4.92. The third-order valence-corrected chi connectivity index (χ3v) is 2.91. The van der Waals surface area contributed by atoms with Crippen LogP contribution >= 0.6 is 31.9 Å². The van der Waals surface area contributed by atoms with Gasteiger partial charge in [-0.1, -0.05) is 31.9 Å². The van der Waals surface area contributed by atoms with Gasteiger partial charge >= 0.3 is 6.18 Å². The quantitative estimate of drug-likeness (QED) is 0.375. The minimum absolute atomic E-state index is 0.0251. The second kappa shape index (κ2) is 6.30. The first-order chi connectivity index (χ1) is 6.37. The fraction of sp³-hybridized carbons (Fsp3) is 1.00. The molecule has 0 fully saturated rings. The van der Waals surface area contributed by atoms with Crippen molar-refractivity contribution >= 4 is 31.9 Å². The molecular formula is C8H12Br2F4. The Labute approximate surface area is 97.7 Å². The van der Waals surface area contributed by atoms with E-state index in [1.807, 2.05) is 0 Å². The van der Waals surface area contributed by atoms with Crippen LogP contribution in [0, 0.1) is 0 Å². The van der Waals surface area contributed by atoms with Gasteiger partial charge in [0.25, 0.3) is 0 Å². The van der Waals surface area contributed by atoms with Gasteiger partial charge in [0.05, 0.1) is 0 Å². The molecule has 0 bridgehead atoms. The van der Waals surface area contributed by atoms with Crippen molar-refractivity contribution < 1.29 is 17.6 Å². The van der Waals surface area contributed by atoms with Gasteiger partial charge in [-0.3, -0.25) is 0 Å². The summed E-state index contributed by atoms with van der Waals surface area (Å²) in [4.78, 5) is 0. The average Bonchev–Trinajstić information content (AvgIpc) is 2.03. The van der Waals surface area contributed by atoms with Crippen molar-refractivity contribution in [1.82, 2.24) is 0 Å². The zero-order chi connectivity index (χ0) is 11.2. The summed E-state index contributed by atoms with van der Waals surface area (Å²) in [5, 5.41) is 0.632. The minimum Gasteiger partial charge on any atom is -0.234 e. The number of unbranched alkanes of at least 4 members (excludes halogenated alkanes) is 1. The zero-order valence-corrected chi connectivity index (χ0v) is 10.7. The Bertz CT molecular complexity index is 160. The van der Waals surface area contributed by atoms with Crippen LogP contribution in [-0.2, 0) is 0 Å². The number of alkyl halides is 6. The van der Waals surface area contributed by atoms with E-state index in [1.165, 1.54) is 0 Å². The van der Waals surface area contributed by atoms with Gasteiger partial charge in [0.15, 0.2) is 0 Å². The molecule has 0 heterocycles. The van der Waals surface area contributed by atoms with Crippen LogP contribution < -0.4 is 0 Å². The normalized spacial score (nSPS) is 16.7. The Morgan fingerprint density at radius 2 is 1.36 bits per heavy atom. The van der Waals surface area contributed by atoms with Crippen LogP contribution in [0.3, 0.4) is 0 Å². The van der Waals surface area contributed by atoms with Crippen LogP contribution in [0.2, 0.25) is 0 Å². The van der Waals surface area contributed by atoms with Gasteiger partial charge in [-0.2, -0.15) is 13.2 Å². The van der Waals surface area contributed by atoms with Gasteiger partial charge in [-0.15, -0.1) is 0 Å². The van der Waals surface area contributed by atoms with Gasteiger partial charge in [-0.25, -0.2) is 4.39 Å². The summed E-state index contributed by atoms with van der Waals surface area (Å²) in [6.45, 7) is 0. The molecule has 1 atom stereocenters. The van der Waals surface area contributed by atoms with Crippen molar-refractivity contribution in [2.45, 2.75) is 37.5 Å². The predicted octanol–water partition coefficient (Wildman–Crippen LogP) is 4.61. The largest absolute Gasteiger partial charge is 0.422 e. The highest BCUT2D eigenvalue weighted by Crippen LogP contribution is 2.40. The van der Waals surface area contributed by atoms with E-state index in [0.717, 1.165) is 0 Å². The molecule has 14 heavy (non-hydrogen) atoms. The third-order valence-electron chi connectivity index (χ3n) is 1.96. The fourth-order valence-corrected chi connectivity index (χ4v) is 2.08. The Balaban J connectivity index is 4.25. The summed E-state index contributed by atoms with van der Waals surface area (Å²) in [7, 11) is 0. The molecule has 86 valence electrons. The van der Waals surface area contributed by atoms with Crippen molar-refractivity contribution in [1.29, 1.82) is 0 Å². The van der Waals surface area contributed by atoms with Crippen molar-refractivity contribution in [2.24, 2.45) is 0 Å². The number of rotatable bonds is 6. The first-order valence-electron chi connectivity index (χ1n) is 4.25. The van der Waals surface area contributed by atoms with Crippen molar-refractivity contribution in [3.05, 3.63) is 0 Å². The molecule has 0 aliphatic heterocycles. The van der Waals surface area contributed by atoms with Gasteiger partial charge < -0.3 is 0 Å². The van der Waals surface area contributed by atoms with Crippen molar-refractivity contribution in [2.75, 3.05) is 10.7 Å². The highest BCUT2D eigenvalue weighted by atomic mass is 79.9. The average molecular weight is 344 g/mol. The van der Waals surface area contributed by atoms with Crippen LogP contribution in [0.15, 0.2) is 0 Å². The molecule has 0 aromatic heterocycles. The van der Waals surface area contributed by atoms with E-state index in [1.54, 1.807) is 0 Å². The van der Waals surface area contributed by atoms with Crippen molar-refractivity contribution in [3.63, 3.8) is 0 Å². The SMILES string of the molecule is FC(F)(F)C(F)(CCBr)CCCCBr.